The fraction of sp³-hybridized carbons (Fsp3) is 0.420. The van der Waals surface area contributed by atoms with E-state index in [0.29, 0.717) is 59.9 Å². The Morgan fingerprint density at radius 1 is 0.806 bits per heavy atom. The van der Waals surface area contributed by atoms with Crippen molar-refractivity contribution in [2.45, 2.75) is 96.0 Å². The summed E-state index contributed by atoms with van der Waals surface area (Å²) in [5.41, 5.74) is 4.34. The topological polar surface area (TPSA) is 203 Å². The van der Waals surface area contributed by atoms with Gasteiger partial charge in [-0.15, -0.1) is 0 Å². The van der Waals surface area contributed by atoms with Gasteiger partial charge in [0, 0.05) is 76.4 Å². The first-order valence-corrected chi connectivity index (χ1v) is 23.4. The average Bonchev–Trinajstić information content (AvgIpc) is 3.94. The Balaban J connectivity index is 0.698. The maximum Gasteiger partial charge on any atom is 0.263 e. The molecule has 7 heterocycles. The number of likely N-dealkylation sites (tertiary alicyclic amines) is 1. The Morgan fingerprint density at radius 3 is 2.12 bits per heavy atom. The molecule has 3 aromatic heterocycles. The molecule has 1 saturated carbocycles. The third-order valence-corrected chi connectivity index (χ3v) is 14.5. The number of benzene rings is 2. The van der Waals surface area contributed by atoms with Gasteiger partial charge >= 0.3 is 0 Å². The van der Waals surface area contributed by atoms with Crippen molar-refractivity contribution >= 4 is 57.9 Å². The molecule has 0 bridgehead atoms. The van der Waals surface area contributed by atoms with Crippen LogP contribution in [0.1, 0.15) is 118 Å². The minimum atomic E-state index is -1.16. The van der Waals surface area contributed by atoms with Gasteiger partial charge < -0.3 is 15.3 Å². The number of fused-ring (bicyclic) bond motifs is 2. The summed E-state index contributed by atoms with van der Waals surface area (Å²) < 4.78 is 1.71. The lowest BCUT2D eigenvalue weighted by atomic mass is 9.83. The van der Waals surface area contributed by atoms with E-state index in [1.165, 1.54) is 18.1 Å². The summed E-state index contributed by atoms with van der Waals surface area (Å²) in [5.74, 6) is -1.53. The SMILES string of the molecule is CC(=O)c1c(C)c2cnc(Nc3ccc(N4CCN(Cc5ccc(CN6CCC(O)(c7ccc8c(c7)C(=O)N(C7CCC(=O)NC7=O)C8=O)CC6)cc5)CC4)cn3)nc2n(C2CCCC2)c1=O. The number of nitrogens with zero attached hydrogens (tertiary/aromatic N) is 8. The van der Waals surface area contributed by atoms with Crippen molar-refractivity contribution in [1.82, 2.24) is 39.5 Å². The molecule has 0 spiro atoms. The highest BCUT2D eigenvalue weighted by atomic mass is 16.3. The van der Waals surface area contributed by atoms with E-state index in [2.05, 4.69) is 59.6 Å². The number of imide groups is 2. The standard InChI is InChI=1S/C50H54N10O7/c1-30-39-27-52-49(55-44(39)59(35-5-3-4-6-35)48(66)43(30)31(2)61)53-41-15-12-36(26-51-41)58-23-21-57(22-24-58)29-33-9-7-32(8-10-33)28-56-19-17-50(67,18-20-56)34-11-13-37-38(25-34)47(65)60(46(37)64)40-14-16-42(62)54-45(40)63/h7-13,15,25-27,35,40,67H,3-6,14,16-24,28-29H2,1-2H3,(H,54,62,63)(H,51,52,53,55). The van der Waals surface area contributed by atoms with Crippen LogP contribution in [-0.4, -0.2) is 114 Å². The van der Waals surface area contributed by atoms with Crippen molar-refractivity contribution in [3.05, 3.63) is 116 Å². The molecule has 17 nitrogen and oxygen atoms in total. The molecule has 346 valence electrons. The van der Waals surface area contributed by atoms with Crippen LogP contribution >= 0.6 is 0 Å². The van der Waals surface area contributed by atoms with E-state index in [0.717, 1.165) is 75.5 Å². The summed E-state index contributed by atoms with van der Waals surface area (Å²) in [4.78, 5) is 98.9. The van der Waals surface area contributed by atoms with E-state index in [4.69, 9.17) is 4.98 Å². The minimum Gasteiger partial charge on any atom is -0.385 e. The monoisotopic (exact) mass is 906 g/mol. The third-order valence-electron chi connectivity index (χ3n) is 14.5. The molecule has 4 amide bonds. The minimum absolute atomic E-state index is 0.00237. The van der Waals surface area contributed by atoms with Gasteiger partial charge in [0.15, 0.2) is 5.78 Å². The smallest absolute Gasteiger partial charge is 0.263 e. The zero-order valence-electron chi connectivity index (χ0n) is 37.8. The first-order valence-electron chi connectivity index (χ1n) is 23.4. The van der Waals surface area contributed by atoms with Crippen molar-refractivity contribution in [3.63, 3.8) is 0 Å². The van der Waals surface area contributed by atoms with E-state index < -0.39 is 35.3 Å². The summed E-state index contributed by atoms with van der Waals surface area (Å²) in [5, 5.41) is 17.9. The first kappa shape index (κ1) is 44.2. The second-order valence-corrected chi connectivity index (χ2v) is 18.7. The molecule has 17 heteroatoms. The number of anilines is 3. The van der Waals surface area contributed by atoms with Gasteiger partial charge in [-0.2, -0.15) is 4.98 Å². The number of piperazine rings is 1. The number of nitrogens with one attached hydrogen (secondary N) is 2. The van der Waals surface area contributed by atoms with Gasteiger partial charge in [0.1, 0.15) is 17.5 Å². The highest BCUT2D eigenvalue weighted by molar-refractivity contribution is 6.23. The molecule has 3 saturated heterocycles. The van der Waals surface area contributed by atoms with Gasteiger partial charge in [-0.25, -0.2) is 9.97 Å². The lowest BCUT2D eigenvalue weighted by Gasteiger charge is -2.38. The van der Waals surface area contributed by atoms with Crippen molar-refractivity contribution in [1.29, 1.82) is 0 Å². The fourth-order valence-corrected chi connectivity index (χ4v) is 10.6. The summed E-state index contributed by atoms with van der Waals surface area (Å²) in [7, 11) is 0. The van der Waals surface area contributed by atoms with Crippen LogP contribution in [0.3, 0.4) is 0 Å². The highest BCUT2D eigenvalue weighted by Gasteiger charge is 2.46. The molecule has 4 fully saturated rings. The second-order valence-electron chi connectivity index (χ2n) is 18.7. The molecule has 1 aliphatic carbocycles. The number of piperidine rings is 2. The quantitative estimate of drug-likeness (QED) is 0.121. The fourth-order valence-electron chi connectivity index (χ4n) is 10.6. The Labute approximate surface area is 387 Å². The maximum atomic E-state index is 13.6. The number of aliphatic hydroxyl groups is 1. The van der Waals surface area contributed by atoms with Crippen molar-refractivity contribution < 1.29 is 29.1 Å². The molecular weight excluding hydrogens is 853 g/mol. The Hall–Kier alpha value is -6.69. The number of pyridine rings is 2. The summed E-state index contributed by atoms with van der Waals surface area (Å²) >= 11 is 0. The Morgan fingerprint density at radius 2 is 1.48 bits per heavy atom. The number of ketones is 1. The van der Waals surface area contributed by atoms with Crippen LogP contribution in [0.4, 0.5) is 17.5 Å². The predicted molar refractivity (Wildman–Crippen MR) is 249 cm³/mol. The summed E-state index contributed by atoms with van der Waals surface area (Å²) in [6, 6.07) is 16.5. The van der Waals surface area contributed by atoms with E-state index in [1.54, 1.807) is 35.9 Å². The Bertz CT molecular complexity index is 2860. The second kappa shape index (κ2) is 17.8. The van der Waals surface area contributed by atoms with Crippen LogP contribution in [0.5, 0.6) is 0 Å². The van der Waals surface area contributed by atoms with E-state index in [-0.39, 0.29) is 46.9 Å². The van der Waals surface area contributed by atoms with Crippen molar-refractivity contribution in [2.75, 3.05) is 49.5 Å². The lowest BCUT2D eigenvalue weighted by molar-refractivity contribution is -0.136. The number of carbonyl (C=O) groups excluding carboxylic acids is 5. The van der Waals surface area contributed by atoms with Crippen LogP contribution in [0.25, 0.3) is 11.0 Å². The third kappa shape index (κ3) is 8.51. The van der Waals surface area contributed by atoms with Crippen LogP contribution in [0, 0.1) is 6.92 Å². The van der Waals surface area contributed by atoms with Crippen LogP contribution < -0.4 is 21.1 Å². The van der Waals surface area contributed by atoms with Gasteiger partial charge in [-0.05, 0) is 92.5 Å². The molecular formula is C50H54N10O7. The number of hydrogen-bond acceptors (Lipinski definition) is 14. The van der Waals surface area contributed by atoms with Gasteiger partial charge in [-0.3, -0.25) is 53.4 Å². The molecule has 5 aliphatic rings. The molecule has 2 aromatic carbocycles. The molecule has 1 atom stereocenters. The highest BCUT2D eigenvalue weighted by Crippen LogP contribution is 2.37. The van der Waals surface area contributed by atoms with Crippen molar-refractivity contribution in [3.8, 4) is 0 Å². The molecule has 1 unspecified atom stereocenters. The van der Waals surface area contributed by atoms with Crippen LogP contribution in [-0.2, 0) is 28.3 Å². The number of aromatic nitrogens is 4. The molecule has 3 N–H and O–H groups in total. The van der Waals surface area contributed by atoms with E-state index in [1.807, 2.05) is 18.3 Å². The van der Waals surface area contributed by atoms with Gasteiger partial charge in [0.2, 0.25) is 17.8 Å². The molecule has 4 aliphatic heterocycles. The number of hydrogen-bond donors (Lipinski definition) is 3. The van der Waals surface area contributed by atoms with Crippen molar-refractivity contribution in [2.24, 2.45) is 0 Å². The van der Waals surface area contributed by atoms with Gasteiger partial charge in [0.05, 0.1) is 34.2 Å². The molecule has 67 heavy (non-hydrogen) atoms. The zero-order valence-corrected chi connectivity index (χ0v) is 37.8. The van der Waals surface area contributed by atoms with Crippen LogP contribution in [0.15, 0.2) is 71.8 Å². The number of amides is 4. The zero-order chi connectivity index (χ0) is 46.6. The predicted octanol–water partition coefficient (Wildman–Crippen LogP) is 4.76. The summed E-state index contributed by atoms with van der Waals surface area (Å²) in [6.45, 7) is 9.66. The number of carbonyl (C=O) groups is 5. The Kier molecular flexibility index (Phi) is 11.8. The average molecular weight is 907 g/mol. The van der Waals surface area contributed by atoms with E-state index >= 15 is 0 Å². The normalized spacial score (nSPS) is 20.4. The molecule has 0 radical (unpaired) electrons. The first-order chi connectivity index (χ1) is 32.3. The largest absolute Gasteiger partial charge is 0.385 e. The van der Waals surface area contributed by atoms with E-state index in [9.17, 15) is 33.9 Å². The van der Waals surface area contributed by atoms with Crippen LogP contribution in [0.2, 0.25) is 0 Å². The maximum absolute atomic E-state index is 13.6. The molecule has 10 rings (SSSR count). The van der Waals surface area contributed by atoms with Gasteiger partial charge in [0.25, 0.3) is 17.4 Å². The number of rotatable bonds is 11. The van der Waals surface area contributed by atoms with Gasteiger partial charge in [-0.1, -0.05) is 43.2 Å². The number of aryl methyl sites for hydroxylation is 1. The lowest BCUT2D eigenvalue weighted by Crippen LogP contribution is -2.54. The number of Topliss-reactive ketones (excluding diaryl/α,β-unsaturated/α-hetero) is 1. The molecule has 5 aromatic rings. The summed E-state index contributed by atoms with van der Waals surface area (Å²) in [6.07, 6.45) is 8.44.